The first-order valence-electron chi connectivity index (χ1n) is 3.51. The Bertz CT molecular complexity index is 68.0. The molecule has 1 rings (SSSR count). The Morgan fingerprint density at radius 1 is 1.30 bits per heavy atom. The number of halogens is 1. The molecule has 0 spiro atoms. The second-order valence-corrected chi connectivity index (χ2v) is 2.83. The van der Waals surface area contributed by atoms with Gasteiger partial charge >= 0.3 is 0 Å². The summed E-state index contributed by atoms with van der Waals surface area (Å²) in [6, 6.07) is 0.837. The highest BCUT2D eigenvalue weighted by molar-refractivity contribution is 8.93. The molecule has 1 unspecified atom stereocenters. The standard InChI is InChI=1S/C7H15N.BrH.H3N/c1-7-5-3-4-6-8(7)2;;/h7H,3-6H2,1-2H3;1H;1H3. The summed E-state index contributed by atoms with van der Waals surface area (Å²) in [5.41, 5.74) is 0. The van der Waals surface area contributed by atoms with Gasteiger partial charge in [0.15, 0.2) is 0 Å². The summed E-state index contributed by atoms with van der Waals surface area (Å²) >= 11 is 0. The number of hydrogen-bond donors (Lipinski definition) is 1. The zero-order valence-corrected chi connectivity index (χ0v) is 8.68. The number of piperidine rings is 1. The largest absolute Gasteiger partial charge is 0.344 e. The van der Waals surface area contributed by atoms with Gasteiger partial charge in [0.2, 0.25) is 0 Å². The molecule has 64 valence electrons. The zero-order chi connectivity index (χ0) is 5.98. The van der Waals surface area contributed by atoms with Crippen molar-refractivity contribution in [2.24, 2.45) is 0 Å². The van der Waals surface area contributed by atoms with Gasteiger partial charge in [0.05, 0.1) is 0 Å². The van der Waals surface area contributed by atoms with Gasteiger partial charge in [-0.15, -0.1) is 17.0 Å². The van der Waals surface area contributed by atoms with E-state index in [0.29, 0.717) is 0 Å². The summed E-state index contributed by atoms with van der Waals surface area (Å²) in [4.78, 5) is 2.43. The summed E-state index contributed by atoms with van der Waals surface area (Å²) in [7, 11) is 2.21. The molecule has 1 fully saturated rings. The molecule has 1 heterocycles. The molecule has 1 atom stereocenters. The van der Waals surface area contributed by atoms with Crippen LogP contribution in [0.5, 0.6) is 0 Å². The Morgan fingerprint density at radius 2 is 1.90 bits per heavy atom. The lowest BCUT2D eigenvalue weighted by atomic mass is 10.1. The predicted molar refractivity (Wildman–Crippen MR) is 51.3 cm³/mol. The van der Waals surface area contributed by atoms with Gasteiger partial charge in [-0.3, -0.25) is 0 Å². The third-order valence-electron chi connectivity index (χ3n) is 2.14. The molecule has 0 saturated carbocycles. The van der Waals surface area contributed by atoms with Crippen molar-refractivity contribution in [1.82, 2.24) is 11.1 Å². The molecule has 0 amide bonds. The normalized spacial score (nSPS) is 26.4. The fourth-order valence-electron chi connectivity index (χ4n) is 1.24. The fraction of sp³-hybridized carbons (Fsp3) is 1.00. The molecule has 0 bridgehead atoms. The van der Waals surface area contributed by atoms with E-state index in [2.05, 4.69) is 18.9 Å². The average Bonchev–Trinajstić information content (AvgIpc) is 1.77. The Hall–Kier alpha value is 0.400. The monoisotopic (exact) mass is 210 g/mol. The molecule has 2 nitrogen and oxygen atoms in total. The lowest BCUT2D eigenvalue weighted by molar-refractivity contribution is 0.200. The molecule has 0 aromatic heterocycles. The number of rotatable bonds is 0. The summed E-state index contributed by atoms with van der Waals surface area (Å²) in [5.74, 6) is 0. The van der Waals surface area contributed by atoms with E-state index in [1.807, 2.05) is 0 Å². The van der Waals surface area contributed by atoms with Crippen molar-refractivity contribution in [3.8, 4) is 0 Å². The molecule has 0 aromatic carbocycles. The first-order valence-corrected chi connectivity index (χ1v) is 3.51. The van der Waals surface area contributed by atoms with Gasteiger partial charge in [-0.05, 0) is 33.4 Å². The minimum absolute atomic E-state index is 0. The smallest absolute Gasteiger partial charge is 0.00638 e. The van der Waals surface area contributed by atoms with Gasteiger partial charge in [0, 0.05) is 6.04 Å². The first kappa shape index (κ1) is 13.0. The van der Waals surface area contributed by atoms with Crippen LogP contribution in [0.2, 0.25) is 0 Å². The average molecular weight is 211 g/mol. The van der Waals surface area contributed by atoms with Crippen LogP contribution in [-0.2, 0) is 0 Å². The van der Waals surface area contributed by atoms with Gasteiger partial charge in [-0.25, -0.2) is 0 Å². The summed E-state index contributed by atoms with van der Waals surface area (Å²) in [6.07, 6.45) is 4.24. The van der Waals surface area contributed by atoms with Crippen LogP contribution < -0.4 is 6.15 Å². The maximum Gasteiger partial charge on any atom is 0.00638 e. The number of hydrogen-bond acceptors (Lipinski definition) is 2. The molecular weight excluding hydrogens is 192 g/mol. The molecular formula is C7H19BrN2. The second kappa shape index (κ2) is 6.13. The first-order chi connectivity index (χ1) is 3.80. The van der Waals surface area contributed by atoms with E-state index in [1.165, 1.54) is 25.8 Å². The maximum absolute atomic E-state index is 2.43. The molecule has 0 radical (unpaired) electrons. The predicted octanol–water partition coefficient (Wildman–Crippen LogP) is 2.23. The van der Waals surface area contributed by atoms with Crippen LogP contribution in [0.1, 0.15) is 26.2 Å². The van der Waals surface area contributed by atoms with Crippen LogP contribution in [0.3, 0.4) is 0 Å². The SMILES string of the molecule is Br.CC1CCCCN1C.N. The van der Waals surface area contributed by atoms with Crippen LogP contribution in [0, 0.1) is 0 Å². The number of nitrogens with zero attached hydrogens (tertiary/aromatic N) is 1. The van der Waals surface area contributed by atoms with E-state index >= 15 is 0 Å². The van der Waals surface area contributed by atoms with Crippen LogP contribution in [0.25, 0.3) is 0 Å². The van der Waals surface area contributed by atoms with Crippen molar-refractivity contribution in [2.45, 2.75) is 32.2 Å². The summed E-state index contributed by atoms with van der Waals surface area (Å²) < 4.78 is 0. The van der Waals surface area contributed by atoms with Gasteiger partial charge in [0.1, 0.15) is 0 Å². The van der Waals surface area contributed by atoms with Crippen molar-refractivity contribution >= 4 is 17.0 Å². The van der Waals surface area contributed by atoms with Gasteiger partial charge < -0.3 is 11.1 Å². The zero-order valence-electron chi connectivity index (χ0n) is 6.97. The molecule has 3 heteroatoms. The maximum atomic E-state index is 2.43. The Labute approximate surface area is 74.3 Å². The highest BCUT2D eigenvalue weighted by Gasteiger charge is 2.12. The van der Waals surface area contributed by atoms with E-state index in [4.69, 9.17) is 0 Å². The van der Waals surface area contributed by atoms with E-state index in [-0.39, 0.29) is 23.1 Å². The molecule has 1 saturated heterocycles. The lowest BCUT2D eigenvalue weighted by Crippen LogP contribution is -2.33. The van der Waals surface area contributed by atoms with Crippen molar-refractivity contribution in [3.05, 3.63) is 0 Å². The third-order valence-corrected chi connectivity index (χ3v) is 2.14. The second-order valence-electron chi connectivity index (χ2n) is 2.83. The summed E-state index contributed by atoms with van der Waals surface area (Å²) in [6.45, 7) is 3.61. The van der Waals surface area contributed by atoms with Gasteiger partial charge in [-0.1, -0.05) is 6.42 Å². The van der Waals surface area contributed by atoms with E-state index in [9.17, 15) is 0 Å². The number of likely N-dealkylation sites (tertiary alicyclic amines) is 1. The topological polar surface area (TPSA) is 38.2 Å². The molecule has 1 aliphatic rings. The third kappa shape index (κ3) is 3.54. The van der Waals surface area contributed by atoms with E-state index < -0.39 is 0 Å². The fourth-order valence-corrected chi connectivity index (χ4v) is 1.24. The van der Waals surface area contributed by atoms with Crippen molar-refractivity contribution in [1.29, 1.82) is 0 Å². The van der Waals surface area contributed by atoms with E-state index in [0.717, 1.165) is 6.04 Å². The van der Waals surface area contributed by atoms with Crippen LogP contribution in [-0.4, -0.2) is 24.5 Å². The summed E-state index contributed by atoms with van der Waals surface area (Å²) in [5, 5.41) is 0. The highest BCUT2D eigenvalue weighted by atomic mass is 79.9. The highest BCUT2D eigenvalue weighted by Crippen LogP contribution is 2.13. The molecule has 10 heavy (non-hydrogen) atoms. The molecule has 3 N–H and O–H groups in total. The van der Waals surface area contributed by atoms with Crippen LogP contribution in [0.4, 0.5) is 0 Å². The van der Waals surface area contributed by atoms with Gasteiger partial charge in [0.25, 0.3) is 0 Å². The lowest BCUT2D eigenvalue weighted by Gasteiger charge is -2.29. The van der Waals surface area contributed by atoms with Crippen molar-refractivity contribution in [3.63, 3.8) is 0 Å². The molecule has 1 aliphatic heterocycles. The Kier molecular flexibility index (Phi) is 7.99. The van der Waals surface area contributed by atoms with Crippen molar-refractivity contribution in [2.75, 3.05) is 13.6 Å². The minimum Gasteiger partial charge on any atom is -0.344 e. The molecule has 0 aliphatic carbocycles. The van der Waals surface area contributed by atoms with Crippen LogP contribution >= 0.6 is 17.0 Å². The van der Waals surface area contributed by atoms with Crippen molar-refractivity contribution < 1.29 is 0 Å². The van der Waals surface area contributed by atoms with Gasteiger partial charge in [-0.2, -0.15) is 0 Å². The van der Waals surface area contributed by atoms with E-state index in [1.54, 1.807) is 0 Å². The van der Waals surface area contributed by atoms with Crippen LogP contribution in [0.15, 0.2) is 0 Å². The molecule has 0 aromatic rings. The Balaban J connectivity index is 0. The minimum atomic E-state index is 0. The quantitative estimate of drug-likeness (QED) is 0.667. The Morgan fingerprint density at radius 3 is 2.20 bits per heavy atom.